The summed E-state index contributed by atoms with van der Waals surface area (Å²) in [5.74, 6) is 0.990. The van der Waals surface area contributed by atoms with Crippen LogP contribution in [0.4, 0.5) is 5.82 Å². The maximum atomic E-state index is 4.57. The van der Waals surface area contributed by atoms with Crippen molar-refractivity contribution in [2.24, 2.45) is 0 Å². The molecule has 0 aliphatic rings. The van der Waals surface area contributed by atoms with Crippen LogP contribution in [0.3, 0.4) is 0 Å². The first-order chi connectivity index (χ1) is 11.4. The molecule has 114 valence electrons. The van der Waals surface area contributed by atoms with Crippen LogP contribution in [0.15, 0.2) is 55.0 Å². The van der Waals surface area contributed by atoms with E-state index in [1.807, 2.05) is 18.3 Å². The van der Waals surface area contributed by atoms with Gasteiger partial charge in [-0.25, -0.2) is 15.0 Å². The SMILES string of the molecule is CCN(Cc1ccccc1)c1ncnc2c1sc1ncccc12. The van der Waals surface area contributed by atoms with Crippen LogP contribution in [0.5, 0.6) is 0 Å². The Labute approximate surface area is 138 Å². The lowest BCUT2D eigenvalue weighted by atomic mass is 10.2. The van der Waals surface area contributed by atoms with Crippen molar-refractivity contribution in [2.75, 3.05) is 11.4 Å². The lowest BCUT2D eigenvalue weighted by molar-refractivity contribution is 0.817. The van der Waals surface area contributed by atoms with E-state index in [0.29, 0.717) is 0 Å². The summed E-state index contributed by atoms with van der Waals surface area (Å²) in [4.78, 5) is 16.8. The summed E-state index contributed by atoms with van der Waals surface area (Å²) in [7, 11) is 0. The van der Waals surface area contributed by atoms with Gasteiger partial charge in [0.1, 0.15) is 17.0 Å². The second kappa shape index (κ2) is 5.93. The predicted molar refractivity (Wildman–Crippen MR) is 95.9 cm³/mol. The number of anilines is 1. The maximum absolute atomic E-state index is 4.57. The summed E-state index contributed by atoms with van der Waals surface area (Å²) in [6.45, 7) is 3.89. The molecule has 0 saturated carbocycles. The molecule has 1 aromatic carbocycles. The number of fused-ring (bicyclic) bond motifs is 3. The second-order valence-electron chi connectivity index (χ2n) is 5.33. The van der Waals surface area contributed by atoms with Gasteiger partial charge in [0.25, 0.3) is 0 Å². The van der Waals surface area contributed by atoms with Gasteiger partial charge in [0.15, 0.2) is 0 Å². The van der Waals surface area contributed by atoms with Gasteiger partial charge in [-0.05, 0) is 24.6 Å². The van der Waals surface area contributed by atoms with E-state index >= 15 is 0 Å². The molecule has 0 radical (unpaired) electrons. The van der Waals surface area contributed by atoms with Gasteiger partial charge in [-0.1, -0.05) is 30.3 Å². The topological polar surface area (TPSA) is 41.9 Å². The van der Waals surface area contributed by atoms with Gasteiger partial charge in [-0.3, -0.25) is 0 Å². The average molecular weight is 320 g/mol. The Morgan fingerprint density at radius 2 is 1.87 bits per heavy atom. The Bertz CT molecular complexity index is 949. The van der Waals surface area contributed by atoms with E-state index in [1.165, 1.54) is 5.56 Å². The van der Waals surface area contributed by atoms with Crippen LogP contribution in [0.25, 0.3) is 20.4 Å². The van der Waals surface area contributed by atoms with E-state index in [1.54, 1.807) is 17.7 Å². The molecule has 0 unspecified atom stereocenters. The van der Waals surface area contributed by atoms with Gasteiger partial charge < -0.3 is 4.90 Å². The van der Waals surface area contributed by atoms with Crippen molar-refractivity contribution >= 4 is 37.6 Å². The lowest BCUT2D eigenvalue weighted by Gasteiger charge is -2.22. The fourth-order valence-electron chi connectivity index (χ4n) is 2.76. The third-order valence-electron chi connectivity index (χ3n) is 3.91. The van der Waals surface area contributed by atoms with Crippen LogP contribution in [0, 0.1) is 0 Å². The molecular weight excluding hydrogens is 304 g/mol. The summed E-state index contributed by atoms with van der Waals surface area (Å²) < 4.78 is 1.11. The number of thiophene rings is 1. The zero-order valence-corrected chi connectivity index (χ0v) is 13.6. The highest BCUT2D eigenvalue weighted by Crippen LogP contribution is 2.36. The standard InChI is InChI=1S/C18H16N4S/c1-2-22(11-13-7-4-3-5-8-13)17-16-15(20-12-21-17)14-9-6-10-19-18(14)23-16/h3-10,12H,2,11H2,1H3. The highest BCUT2D eigenvalue weighted by atomic mass is 32.1. The maximum Gasteiger partial charge on any atom is 0.150 e. The van der Waals surface area contributed by atoms with Crippen molar-refractivity contribution < 1.29 is 0 Å². The minimum Gasteiger partial charge on any atom is -0.351 e. The number of rotatable bonds is 4. The Morgan fingerprint density at radius 1 is 1.00 bits per heavy atom. The second-order valence-corrected chi connectivity index (χ2v) is 6.33. The van der Waals surface area contributed by atoms with Crippen LogP contribution < -0.4 is 4.90 Å². The molecule has 4 nitrogen and oxygen atoms in total. The normalized spacial score (nSPS) is 11.2. The molecule has 0 N–H and O–H groups in total. The fraction of sp³-hybridized carbons (Fsp3) is 0.167. The first-order valence-corrected chi connectivity index (χ1v) is 8.45. The molecule has 0 spiro atoms. The summed E-state index contributed by atoms with van der Waals surface area (Å²) in [6.07, 6.45) is 3.48. The monoisotopic (exact) mass is 320 g/mol. The van der Waals surface area contributed by atoms with Gasteiger partial charge in [0.05, 0.1) is 10.2 Å². The van der Waals surface area contributed by atoms with Gasteiger partial charge in [-0.15, -0.1) is 11.3 Å². The van der Waals surface area contributed by atoms with E-state index in [0.717, 1.165) is 39.3 Å². The number of hydrogen-bond acceptors (Lipinski definition) is 5. The average Bonchev–Trinajstić information content (AvgIpc) is 2.99. The minimum absolute atomic E-state index is 0.838. The summed E-state index contributed by atoms with van der Waals surface area (Å²) in [5.41, 5.74) is 2.27. The van der Waals surface area contributed by atoms with Crippen LogP contribution in [0.2, 0.25) is 0 Å². The number of nitrogens with zero attached hydrogens (tertiary/aromatic N) is 4. The molecule has 5 heteroatoms. The van der Waals surface area contributed by atoms with E-state index in [4.69, 9.17) is 0 Å². The zero-order valence-electron chi connectivity index (χ0n) is 12.8. The Hall–Kier alpha value is -2.53. The molecule has 3 aromatic heterocycles. The minimum atomic E-state index is 0.838. The summed E-state index contributed by atoms with van der Waals surface area (Å²) >= 11 is 1.66. The molecule has 0 saturated heterocycles. The lowest BCUT2D eigenvalue weighted by Crippen LogP contribution is -2.23. The smallest absolute Gasteiger partial charge is 0.150 e. The third-order valence-corrected chi connectivity index (χ3v) is 5.01. The molecule has 0 atom stereocenters. The van der Waals surface area contributed by atoms with E-state index in [2.05, 4.69) is 57.1 Å². The number of aromatic nitrogens is 3. The van der Waals surface area contributed by atoms with Crippen molar-refractivity contribution in [3.63, 3.8) is 0 Å². The Balaban J connectivity index is 1.83. The van der Waals surface area contributed by atoms with E-state index in [-0.39, 0.29) is 0 Å². The van der Waals surface area contributed by atoms with Crippen LogP contribution in [-0.2, 0) is 6.54 Å². The van der Waals surface area contributed by atoms with Gasteiger partial charge in [0.2, 0.25) is 0 Å². The van der Waals surface area contributed by atoms with Crippen LogP contribution >= 0.6 is 11.3 Å². The molecule has 3 heterocycles. The molecule has 0 bridgehead atoms. The summed E-state index contributed by atoms with van der Waals surface area (Å²) in [6, 6.07) is 14.5. The van der Waals surface area contributed by atoms with Gasteiger partial charge in [-0.2, -0.15) is 0 Å². The summed E-state index contributed by atoms with van der Waals surface area (Å²) in [5, 5.41) is 1.10. The van der Waals surface area contributed by atoms with E-state index in [9.17, 15) is 0 Å². The first kappa shape index (κ1) is 14.1. The third kappa shape index (κ3) is 2.53. The zero-order chi connectivity index (χ0) is 15.6. The molecule has 23 heavy (non-hydrogen) atoms. The molecule has 4 aromatic rings. The first-order valence-electron chi connectivity index (χ1n) is 7.64. The molecule has 0 aliphatic carbocycles. The van der Waals surface area contributed by atoms with Crippen molar-refractivity contribution in [1.29, 1.82) is 0 Å². The van der Waals surface area contributed by atoms with Crippen molar-refractivity contribution in [3.05, 3.63) is 60.6 Å². The molecule has 0 aliphatic heterocycles. The van der Waals surface area contributed by atoms with E-state index < -0.39 is 0 Å². The molecule has 0 fully saturated rings. The Morgan fingerprint density at radius 3 is 2.70 bits per heavy atom. The van der Waals surface area contributed by atoms with Gasteiger partial charge >= 0.3 is 0 Å². The highest BCUT2D eigenvalue weighted by Gasteiger charge is 2.16. The number of hydrogen-bond donors (Lipinski definition) is 0. The molecule has 0 amide bonds. The molecular formula is C18H16N4S. The van der Waals surface area contributed by atoms with Crippen LogP contribution in [0.1, 0.15) is 12.5 Å². The predicted octanol–water partition coefficient (Wildman–Crippen LogP) is 4.27. The van der Waals surface area contributed by atoms with Crippen molar-refractivity contribution in [3.8, 4) is 0 Å². The van der Waals surface area contributed by atoms with Crippen molar-refractivity contribution in [2.45, 2.75) is 13.5 Å². The van der Waals surface area contributed by atoms with Gasteiger partial charge in [0, 0.05) is 24.7 Å². The molecule has 4 rings (SSSR count). The fourth-order valence-corrected chi connectivity index (χ4v) is 3.88. The number of pyridine rings is 1. The van der Waals surface area contributed by atoms with Crippen molar-refractivity contribution in [1.82, 2.24) is 15.0 Å². The number of benzene rings is 1. The Kier molecular flexibility index (Phi) is 3.63. The van der Waals surface area contributed by atoms with Crippen LogP contribution in [-0.4, -0.2) is 21.5 Å². The largest absolute Gasteiger partial charge is 0.351 e. The highest BCUT2D eigenvalue weighted by molar-refractivity contribution is 7.25. The quantitative estimate of drug-likeness (QED) is 0.563.